The van der Waals surface area contributed by atoms with E-state index in [-0.39, 0.29) is 13.1 Å². The average molecular weight is 397 g/mol. The van der Waals surface area contributed by atoms with Gasteiger partial charge in [-0.25, -0.2) is 8.42 Å². The molecular formula is C18H21ClN2O4S. The average Bonchev–Trinajstić information content (AvgIpc) is 2.53. The fraction of sp³-hybridized carbons (Fsp3) is 0.278. The molecule has 0 spiro atoms. The van der Waals surface area contributed by atoms with Crippen LogP contribution in [0.25, 0.3) is 0 Å². The first-order valence-corrected chi connectivity index (χ1v) is 10.1. The van der Waals surface area contributed by atoms with Crippen molar-refractivity contribution in [3.05, 3.63) is 58.6 Å². The molecule has 0 saturated carbocycles. The lowest BCUT2D eigenvalue weighted by Crippen LogP contribution is -2.37. The van der Waals surface area contributed by atoms with Crippen LogP contribution in [0.2, 0.25) is 5.02 Å². The van der Waals surface area contributed by atoms with E-state index in [9.17, 15) is 13.2 Å². The van der Waals surface area contributed by atoms with Gasteiger partial charge in [-0.3, -0.25) is 4.79 Å². The maximum absolute atomic E-state index is 12.4. The van der Waals surface area contributed by atoms with Gasteiger partial charge in [0, 0.05) is 11.6 Å². The van der Waals surface area contributed by atoms with Gasteiger partial charge in [0.1, 0.15) is 5.75 Å². The lowest BCUT2D eigenvalue weighted by Gasteiger charge is -2.20. The van der Waals surface area contributed by atoms with E-state index in [1.807, 2.05) is 31.2 Å². The van der Waals surface area contributed by atoms with E-state index in [0.29, 0.717) is 16.5 Å². The largest absolute Gasteiger partial charge is 0.495 e. The van der Waals surface area contributed by atoms with Gasteiger partial charge in [-0.05, 0) is 30.7 Å². The molecule has 140 valence electrons. The quantitative estimate of drug-likeness (QED) is 0.780. The molecule has 8 heteroatoms. The third-order valence-corrected chi connectivity index (χ3v) is 5.10. The molecule has 0 bridgehead atoms. The number of nitrogens with one attached hydrogen (secondary N) is 1. The summed E-state index contributed by atoms with van der Waals surface area (Å²) in [6.07, 6.45) is 1.08. The van der Waals surface area contributed by atoms with Gasteiger partial charge in [-0.15, -0.1) is 0 Å². The van der Waals surface area contributed by atoms with Gasteiger partial charge in [-0.2, -0.15) is 4.31 Å². The number of amides is 1. The maximum Gasteiger partial charge on any atom is 0.239 e. The fourth-order valence-corrected chi connectivity index (χ4v) is 3.34. The minimum Gasteiger partial charge on any atom is -0.495 e. The van der Waals surface area contributed by atoms with Crippen molar-refractivity contribution in [2.45, 2.75) is 13.5 Å². The third kappa shape index (κ3) is 5.72. The number of halogens is 1. The van der Waals surface area contributed by atoms with Crippen molar-refractivity contribution in [1.29, 1.82) is 0 Å². The van der Waals surface area contributed by atoms with Crippen molar-refractivity contribution in [2.24, 2.45) is 0 Å². The Morgan fingerprint density at radius 1 is 1.23 bits per heavy atom. The Kier molecular flexibility index (Phi) is 6.63. The van der Waals surface area contributed by atoms with E-state index in [0.717, 1.165) is 21.7 Å². The van der Waals surface area contributed by atoms with Crippen molar-refractivity contribution in [3.63, 3.8) is 0 Å². The summed E-state index contributed by atoms with van der Waals surface area (Å²) in [5.41, 5.74) is 2.21. The van der Waals surface area contributed by atoms with Gasteiger partial charge in [0.15, 0.2) is 0 Å². The molecule has 0 saturated heterocycles. The minimum absolute atomic E-state index is 0.112. The Morgan fingerprint density at radius 2 is 1.96 bits per heavy atom. The van der Waals surface area contributed by atoms with Crippen molar-refractivity contribution in [1.82, 2.24) is 4.31 Å². The standard InChI is InChI=1S/C18H21ClN2O4S/c1-13-5-4-6-14(9-13)11-21(26(3,23)24)12-18(22)20-16-10-15(19)7-8-17(16)25-2/h4-10H,11-12H2,1-3H3,(H,20,22). The Bertz CT molecular complexity index is 900. The van der Waals surface area contributed by atoms with Gasteiger partial charge in [0.05, 0.1) is 25.6 Å². The first-order chi connectivity index (χ1) is 12.2. The molecule has 0 radical (unpaired) electrons. The number of carbonyl (C=O) groups is 1. The van der Waals surface area contributed by atoms with Crippen molar-refractivity contribution in [2.75, 3.05) is 25.2 Å². The zero-order valence-corrected chi connectivity index (χ0v) is 16.4. The van der Waals surface area contributed by atoms with Gasteiger partial charge >= 0.3 is 0 Å². The molecule has 0 unspecified atom stereocenters. The zero-order chi connectivity index (χ0) is 19.3. The van der Waals surface area contributed by atoms with Crippen molar-refractivity contribution >= 4 is 33.2 Å². The van der Waals surface area contributed by atoms with E-state index in [1.54, 1.807) is 18.2 Å². The summed E-state index contributed by atoms with van der Waals surface area (Å²) >= 11 is 5.94. The number of aryl methyl sites for hydroxylation is 1. The number of carbonyl (C=O) groups excluding carboxylic acids is 1. The Balaban J connectivity index is 2.16. The van der Waals surface area contributed by atoms with Crippen LogP contribution in [-0.4, -0.2) is 38.5 Å². The number of hydrogen-bond acceptors (Lipinski definition) is 4. The van der Waals surface area contributed by atoms with Gasteiger partial charge in [0.2, 0.25) is 15.9 Å². The number of rotatable bonds is 7. The van der Waals surface area contributed by atoms with E-state index in [1.165, 1.54) is 7.11 Å². The second-order valence-corrected chi connectivity index (χ2v) is 8.33. The Morgan fingerprint density at radius 3 is 2.58 bits per heavy atom. The molecule has 0 heterocycles. The van der Waals surface area contributed by atoms with Crippen LogP contribution in [-0.2, 0) is 21.4 Å². The van der Waals surface area contributed by atoms with Crippen LogP contribution in [0.15, 0.2) is 42.5 Å². The molecule has 0 aromatic heterocycles. The summed E-state index contributed by atoms with van der Waals surface area (Å²) in [7, 11) is -2.10. The SMILES string of the molecule is COc1ccc(Cl)cc1NC(=O)CN(Cc1cccc(C)c1)S(C)(=O)=O. The van der Waals surface area contributed by atoms with Gasteiger partial charge in [-0.1, -0.05) is 41.4 Å². The van der Waals surface area contributed by atoms with Crippen LogP contribution < -0.4 is 10.1 Å². The lowest BCUT2D eigenvalue weighted by molar-refractivity contribution is -0.116. The third-order valence-electron chi connectivity index (χ3n) is 3.67. The first-order valence-electron chi connectivity index (χ1n) is 7.83. The summed E-state index contributed by atoms with van der Waals surface area (Å²) in [4.78, 5) is 12.4. The highest BCUT2D eigenvalue weighted by atomic mass is 35.5. The number of hydrogen-bond donors (Lipinski definition) is 1. The molecule has 26 heavy (non-hydrogen) atoms. The van der Waals surface area contributed by atoms with E-state index in [4.69, 9.17) is 16.3 Å². The molecule has 2 rings (SSSR count). The molecule has 0 aliphatic heterocycles. The van der Waals surface area contributed by atoms with Crippen molar-refractivity contribution in [3.8, 4) is 5.75 Å². The summed E-state index contributed by atoms with van der Waals surface area (Å²) in [6.45, 7) is 1.72. The second-order valence-electron chi connectivity index (χ2n) is 5.91. The molecule has 6 nitrogen and oxygen atoms in total. The zero-order valence-electron chi connectivity index (χ0n) is 14.8. The minimum atomic E-state index is -3.57. The van der Waals surface area contributed by atoms with Crippen LogP contribution in [0.1, 0.15) is 11.1 Å². The topological polar surface area (TPSA) is 75.7 Å². The molecule has 2 aromatic carbocycles. The van der Waals surface area contributed by atoms with Crippen LogP contribution in [0.5, 0.6) is 5.75 Å². The monoisotopic (exact) mass is 396 g/mol. The number of methoxy groups -OCH3 is 1. The van der Waals surface area contributed by atoms with E-state index in [2.05, 4.69) is 5.32 Å². The molecule has 0 aliphatic rings. The highest BCUT2D eigenvalue weighted by molar-refractivity contribution is 7.88. The molecular weight excluding hydrogens is 376 g/mol. The fourth-order valence-electron chi connectivity index (χ4n) is 2.43. The summed E-state index contributed by atoms with van der Waals surface area (Å²) in [5, 5.41) is 3.08. The highest BCUT2D eigenvalue weighted by Crippen LogP contribution is 2.27. The number of nitrogens with zero attached hydrogens (tertiary/aromatic N) is 1. The highest BCUT2D eigenvalue weighted by Gasteiger charge is 2.21. The van der Waals surface area contributed by atoms with E-state index >= 15 is 0 Å². The van der Waals surface area contributed by atoms with Crippen LogP contribution >= 0.6 is 11.6 Å². The Labute approximate surface area is 158 Å². The molecule has 0 atom stereocenters. The number of benzene rings is 2. The summed E-state index contributed by atoms with van der Waals surface area (Å²) in [5.74, 6) is -0.0454. The van der Waals surface area contributed by atoms with Crippen LogP contribution in [0, 0.1) is 6.92 Å². The number of ether oxygens (including phenoxy) is 1. The molecule has 0 fully saturated rings. The maximum atomic E-state index is 12.4. The van der Waals surface area contributed by atoms with Gasteiger partial charge < -0.3 is 10.1 Å². The number of anilines is 1. The van der Waals surface area contributed by atoms with Crippen LogP contribution in [0.3, 0.4) is 0 Å². The van der Waals surface area contributed by atoms with E-state index < -0.39 is 15.9 Å². The smallest absolute Gasteiger partial charge is 0.239 e. The van der Waals surface area contributed by atoms with Gasteiger partial charge in [0.25, 0.3) is 0 Å². The normalized spacial score (nSPS) is 11.4. The van der Waals surface area contributed by atoms with Crippen LogP contribution in [0.4, 0.5) is 5.69 Å². The molecule has 2 aromatic rings. The lowest BCUT2D eigenvalue weighted by atomic mass is 10.1. The molecule has 1 N–H and O–H groups in total. The number of sulfonamides is 1. The van der Waals surface area contributed by atoms with Crippen molar-refractivity contribution < 1.29 is 17.9 Å². The molecule has 0 aliphatic carbocycles. The molecule has 1 amide bonds. The second kappa shape index (κ2) is 8.53. The predicted molar refractivity (Wildman–Crippen MR) is 103 cm³/mol. The summed E-state index contributed by atoms with van der Waals surface area (Å²) < 4.78 is 30.5. The predicted octanol–water partition coefficient (Wildman–Crippen LogP) is 3.06. The summed E-state index contributed by atoms with van der Waals surface area (Å²) in [6, 6.07) is 12.3. The first kappa shape index (κ1) is 20.2. The Hall–Kier alpha value is -2.09.